The number of rotatable bonds is 0. The Balaban J connectivity index is -0.000000150. The smallest absolute Gasteiger partial charge is 0.652 e. The summed E-state index contributed by atoms with van der Waals surface area (Å²) in [6.07, 6.45) is 2.91. The number of carboxylic acid groups (broad SMARTS) is 2. The normalized spacial score (nSPS) is 14.0. The van der Waals surface area contributed by atoms with E-state index in [9.17, 15) is 4.79 Å². The molecule has 4 nitrogen and oxygen atoms in total. The molecule has 0 amide bonds. The third-order valence-corrected chi connectivity index (χ3v) is 1.41. The Bertz CT molecular complexity index is 137. The predicted octanol–water partition coefficient (Wildman–Crippen LogP) is -6.92. The van der Waals surface area contributed by atoms with Crippen LogP contribution in [0.15, 0.2) is 0 Å². The van der Waals surface area contributed by atoms with E-state index in [1.807, 2.05) is 0 Å². The van der Waals surface area contributed by atoms with Gasteiger partial charge in [0.25, 0.3) is 0 Å². The Kier molecular flexibility index (Phi) is 19.4. The van der Waals surface area contributed by atoms with Crippen molar-refractivity contribution in [3.8, 4) is 0 Å². The monoisotopic (exact) mass is 204 g/mol. The summed E-state index contributed by atoms with van der Waals surface area (Å²) >= 11 is 0. The molecule has 0 heterocycles. The van der Waals surface area contributed by atoms with Crippen LogP contribution in [0.1, 0.15) is 32.1 Å². The molecule has 0 aromatic carbocycles. The van der Waals surface area contributed by atoms with E-state index in [2.05, 4.69) is 0 Å². The summed E-state index contributed by atoms with van der Waals surface area (Å²) in [5.41, 5.74) is 0. The number of ketones is 1. The van der Waals surface area contributed by atoms with E-state index < -0.39 is 6.16 Å². The molecular weight excluding hydrogens is 194 g/mol. The molecule has 1 saturated carbocycles. The second-order valence-electron chi connectivity index (χ2n) is 2.35. The van der Waals surface area contributed by atoms with Gasteiger partial charge in [0.2, 0.25) is 0 Å². The van der Waals surface area contributed by atoms with Gasteiger partial charge < -0.3 is 15.0 Å². The van der Waals surface area contributed by atoms with E-state index in [4.69, 9.17) is 15.0 Å². The number of carbonyl (C=O) groups is 2. The van der Waals surface area contributed by atoms with Crippen LogP contribution in [-0.4, -0.2) is 11.9 Å². The van der Waals surface area contributed by atoms with Gasteiger partial charge in [-0.3, -0.25) is 4.79 Å². The van der Waals surface area contributed by atoms with E-state index in [0.29, 0.717) is 5.78 Å². The number of hydrogen-bond acceptors (Lipinski definition) is 4. The van der Waals surface area contributed by atoms with Gasteiger partial charge >= 0.3 is 59.1 Å². The van der Waals surface area contributed by atoms with Crippen molar-refractivity contribution in [3.05, 3.63) is 0 Å². The van der Waals surface area contributed by atoms with Crippen molar-refractivity contribution in [1.82, 2.24) is 0 Å². The average Bonchev–Trinajstić information content (AvgIpc) is 1.87. The van der Waals surface area contributed by atoms with Crippen molar-refractivity contribution >= 4 is 11.9 Å². The Morgan fingerprint density at radius 1 is 1.00 bits per heavy atom. The molecule has 0 aliphatic heterocycles. The van der Waals surface area contributed by atoms with Crippen molar-refractivity contribution in [2.45, 2.75) is 32.1 Å². The van der Waals surface area contributed by atoms with Crippen LogP contribution in [0.4, 0.5) is 4.79 Å². The first-order valence-electron chi connectivity index (χ1n) is 3.52. The average molecular weight is 204 g/mol. The van der Waals surface area contributed by atoms with Crippen LogP contribution in [0.2, 0.25) is 0 Å². The second-order valence-corrected chi connectivity index (χ2v) is 2.35. The van der Waals surface area contributed by atoms with Crippen LogP contribution >= 0.6 is 0 Å². The Morgan fingerprint density at radius 3 is 1.46 bits per heavy atom. The van der Waals surface area contributed by atoms with Gasteiger partial charge in [-0.1, -0.05) is 6.42 Å². The molecule has 0 bridgehead atoms. The summed E-state index contributed by atoms with van der Waals surface area (Å²) in [4.78, 5) is 18.8. The summed E-state index contributed by atoms with van der Waals surface area (Å²) in [6, 6.07) is 0. The van der Waals surface area contributed by atoms with Crippen LogP contribution in [-0.2, 0) is 4.79 Å². The fraction of sp³-hybridized carbons (Fsp3) is 0.714. The van der Waals surface area contributed by atoms with Gasteiger partial charge in [0, 0.05) is 12.8 Å². The molecule has 1 rings (SSSR count). The quantitative estimate of drug-likeness (QED) is 0.367. The first-order chi connectivity index (χ1) is 5.13. The van der Waals surface area contributed by atoms with Crippen molar-refractivity contribution in [1.29, 1.82) is 0 Å². The predicted molar refractivity (Wildman–Crippen MR) is 33.5 cm³/mol. The minimum atomic E-state index is -2.33. The van der Waals surface area contributed by atoms with Crippen LogP contribution < -0.4 is 69.3 Å². The minimum Gasteiger partial charge on any atom is -0.652 e. The molecule has 0 N–H and O–H groups in total. The molecular formula is C7H10Na2O4. The molecule has 64 valence electrons. The third kappa shape index (κ3) is 19.4. The molecule has 0 aromatic rings. The maximum Gasteiger partial charge on any atom is 1.00 e. The van der Waals surface area contributed by atoms with E-state index in [1.165, 1.54) is 6.42 Å². The van der Waals surface area contributed by atoms with E-state index in [1.54, 1.807) is 0 Å². The molecule has 13 heavy (non-hydrogen) atoms. The van der Waals surface area contributed by atoms with Crippen molar-refractivity contribution in [2.75, 3.05) is 0 Å². The summed E-state index contributed by atoms with van der Waals surface area (Å²) in [5.74, 6) is 0.464. The summed E-state index contributed by atoms with van der Waals surface area (Å²) in [7, 11) is 0. The SMILES string of the molecule is O=C([O-])[O-].O=C1CCCCC1.[Na+].[Na+]. The van der Waals surface area contributed by atoms with Crippen molar-refractivity contribution < 1.29 is 78.9 Å². The number of carbonyl (C=O) groups excluding carboxylic acids is 2. The first kappa shape index (κ1) is 19.5. The van der Waals surface area contributed by atoms with Crippen molar-refractivity contribution in [2.24, 2.45) is 0 Å². The summed E-state index contributed by atoms with van der Waals surface area (Å²) in [6.45, 7) is 0. The molecule has 1 fully saturated rings. The Morgan fingerprint density at radius 2 is 1.31 bits per heavy atom. The molecule has 1 aliphatic carbocycles. The molecule has 6 heteroatoms. The molecule has 0 saturated heterocycles. The fourth-order valence-electron chi connectivity index (χ4n) is 0.946. The van der Waals surface area contributed by atoms with Gasteiger partial charge in [0.05, 0.1) is 0 Å². The van der Waals surface area contributed by atoms with Gasteiger partial charge in [0.15, 0.2) is 0 Å². The largest absolute Gasteiger partial charge is 1.00 e. The molecule has 0 atom stereocenters. The van der Waals surface area contributed by atoms with Gasteiger partial charge in [-0.2, -0.15) is 0 Å². The molecule has 0 unspecified atom stereocenters. The summed E-state index contributed by atoms with van der Waals surface area (Å²) < 4.78 is 0. The number of Topliss-reactive ketones (excluding diaryl/α,β-unsaturated/α-hetero) is 1. The topological polar surface area (TPSA) is 80.3 Å². The standard InChI is InChI=1S/C6H10O.CH2O3.2Na/c7-6-4-2-1-3-5-6;2-1(3)4;;/h1-5H2;(H2,2,3,4);;/q;;2*+1/p-2. The van der Waals surface area contributed by atoms with Crippen LogP contribution in [0.5, 0.6) is 0 Å². The summed E-state index contributed by atoms with van der Waals surface area (Å²) in [5, 5.41) is 16.7. The fourth-order valence-corrected chi connectivity index (χ4v) is 0.946. The molecule has 1 aliphatic rings. The van der Waals surface area contributed by atoms with Crippen molar-refractivity contribution in [3.63, 3.8) is 0 Å². The Hall–Kier alpha value is 0.940. The zero-order valence-corrected chi connectivity index (χ0v) is 12.2. The van der Waals surface area contributed by atoms with E-state index in [-0.39, 0.29) is 59.1 Å². The number of hydrogen-bond donors (Lipinski definition) is 0. The molecule has 0 aromatic heterocycles. The van der Waals surface area contributed by atoms with Crippen LogP contribution in [0.3, 0.4) is 0 Å². The van der Waals surface area contributed by atoms with E-state index >= 15 is 0 Å². The maximum absolute atomic E-state index is 10.5. The van der Waals surface area contributed by atoms with Gasteiger partial charge in [-0.25, -0.2) is 0 Å². The van der Waals surface area contributed by atoms with Crippen LogP contribution in [0, 0.1) is 0 Å². The Labute approximate surface area is 122 Å². The maximum atomic E-state index is 10.5. The van der Waals surface area contributed by atoms with Gasteiger partial charge in [0.1, 0.15) is 5.78 Å². The van der Waals surface area contributed by atoms with Gasteiger partial charge in [-0.05, 0) is 19.0 Å². The zero-order valence-electron chi connectivity index (χ0n) is 8.17. The van der Waals surface area contributed by atoms with Gasteiger partial charge in [-0.15, -0.1) is 0 Å². The molecule has 0 spiro atoms. The third-order valence-electron chi connectivity index (χ3n) is 1.41. The zero-order chi connectivity index (χ0) is 8.69. The molecule has 0 radical (unpaired) electrons. The minimum absolute atomic E-state index is 0. The van der Waals surface area contributed by atoms with E-state index in [0.717, 1.165) is 25.7 Å². The first-order valence-corrected chi connectivity index (χ1v) is 3.52. The van der Waals surface area contributed by atoms with Crippen LogP contribution in [0.25, 0.3) is 0 Å². The second kappa shape index (κ2) is 12.9.